The van der Waals surface area contributed by atoms with Crippen molar-refractivity contribution in [1.29, 1.82) is 0 Å². The van der Waals surface area contributed by atoms with E-state index in [1.807, 2.05) is 6.08 Å². The summed E-state index contributed by atoms with van der Waals surface area (Å²) in [7, 11) is 1.43. The molecule has 0 saturated heterocycles. The van der Waals surface area contributed by atoms with Crippen LogP contribution in [0.1, 0.15) is 25.7 Å². The van der Waals surface area contributed by atoms with Gasteiger partial charge in [0.2, 0.25) is 0 Å². The quantitative estimate of drug-likeness (QED) is 0.458. The molecule has 0 bridgehead atoms. The van der Waals surface area contributed by atoms with Gasteiger partial charge in [-0.3, -0.25) is 4.79 Å². The number of carbonyl (C=O) groups excluding carboxylic acids is 1. The minimum Gasteiger partial charge on any atom is -0.469 e. The van der Waals surface area contributed by atoms with Crippen LogP contribution in [0.2, 0.25) is 0 Å². The van der Waals surface area contributed by atoms with Gasteiger partial charge in [0.15, 0.2) is 0 Å². The Morgan fingerprint density at radius 2 is 2.36 bits per heavy atom. The first-order valence-corrected chi connectivity index (χ1v) is 3.93. The lowest BCUT2D eigenvalue weighted by Crippen LogP contribution is -2.30. The van der Waals surface area contributed by atoms with E-state index in [4.69, 9.17) is 0 Å². The summed E-state index contributed by atoms with van der Waals surface area (Å²) in [5, 5.41) is 0. The molecule has 0 aromatic rings. The van der Waals surface area contributed by atoms with Crippen LogP contribution in [0, 0.1) is 5.41 Å². The molecule has 2 nitrogen and oxygen atoms in total. The van der Waals surface area contributed by atoms with Crippen molar-refractivity contribution in [2.24, 2.45) is 5.41 Å². The average Bonchev–Trinajstić information content (AvgIpc) is 1.96. The summed E-state index contributed by atoms with van der Waals surface area (Å²) in [5.74, 6) is -0.121. The monoisotopic (exact) mass is 154 g/mol. The third-order valence-corrected chi connectivity index (χ3v) is 2.51. The van der Waals surface area contributed by atoms with Crippen LogP contribution >= 0.6 is 0 Å². The highest BCUT2D eigenvalue weighted by Gasteiger charge is 2.36. The molecule has 62 valence electrons. The number of carbonyl (C=O) groups is 1. The number of esters is 1. The third kappa shape index (κ3) is 1.62. The van der Waals surface area contributed by atoms with E-state index in [-0.39, 0.29) is 11.4 Å². The standard InChI is InChI=1S/C9H14O2/c1-3-9(5-4-6-9)7-8(10)11-2/h3H,1,4-7H2,2H3. The van der Waals surface area contributed by atoms with Gasteiger partial charge in [-0.25, -0.2) is 0 Å². The van der Waals surface area contributed by atoms with Gasteiger partial charge in [0, 0.05) is 0 Å². The van der Waals surface area contributed by atoms with Crippen molar-refractivity contribution in [1.82, 2.24) is 0 Å². The lowest BCUT2D eigenvalue weighted by atomic mass is 9.67. The molecule has 0 atom stereocenters. The normalized spacial score (nSPS) is 20.1. The lowest BCUT2D eigenvalue weighted by Gasteiger charge is -2.38. The number of ether oxygens (including phenoxy) is 1. The van der Waals surface area contributed by atoms with Crippen molar-refractivity contribution >= 4 is 5.97 Å². The van der Waals surface area contributed by atoms with Crippen LogP contribution in [0.3, 0.4) is 0 Å². The summed E-state index contributed by atoms with van der Waals surface area (Å²) in [6.45, 7) is 3.73. The smallest absolute Gasteiger partial charge is 0.306 e. The second-order valence-electron chi connectivity index (χ2n) is 3.17. The first kappa shape index (κ1) is 8.31. The number of methoxy groups -OCH3 is 1. The van der Waals surface area contributed by atoms with Gasteiger partial charge in [-0.1, -0.05) is 12.5 Å². The van der Waals surface area contributed by atoms with Crippen molar-refractivity contribution in [3.05, 3.63) is 12.7 Å². The number of rotatable bonds is 3. The molecule has 1 rings (SSSR count). The van der Waals surface area contributed by atoms with Crippen molar-refractivity contribution in [2.45, 2.75) is 25.7 Å². The van der Waals surface area contributed by atoms with Gasteiger partial charge in [-0.2, -0.15) is 0 Å². The predicted molar refractivity (Wildman–Crippen MR) is 43.1 cm³/mol. The van der Waals surface area contributed by atoms with E-state index < -0.39 is 0 Å². The van der Waals surface area contributed by atoms with Crippen LogP contribution in [-0.2, 0) is 9.53 Å². The molecular weight excluding hydrogens is 140 g/mol. The molecule has 1 aliphatic rings. The molecule has 0 N–H and O–H groups in total. The topological polar surface area (TPSA) is 26.3 Å². The van der Waals surface area contributed by atoms with E-state index in [1.54, 1.807) is 0 Å². The molecule has 0 aliphatic heterocycles. The molecular formula is C9H14O2. The highest BCUT2D eigenvalue weighted by molar-refractivity contribution is 5.70. The van der Waals surface area contributed by atoms with Gasteiger partial charge >= 0.3 is 5.97 Å². The molecule has 0 radical (unpaired) electrons. The van der Waals surface area contributed by atoms with Crippen LogP contribution in [0.15, 0.2) is 12.7 Å². The van der Waals surface area contributed by atoms with E-state index in [0.717, 1.165) is 12.8 Å². The molecule has 0 amide bonds. The van der Waals surface area contributed by atoms with Gasteiger partial charge in [0.1, 0.15) is 0 Å². The van der Waals surface area contributed by atoms with Gasteiger partial charge in [0.05, 0.1) is 13.5 Å². The maximum Gasteiger partial charge on any atom is 0.306 e. The molecule has 0 aromatic carbocycles. The van der Waals surface area contributed by atoms with E-state index in [1.165, 1.54) is 13.5 Å². The minimum atomic E-state index is -0.121. The fraction of sp³-hybridized carbons (Fsp3) is 0.667. The van der Waals surface area contributed by atoms with E-state index in [0.29, 0.717) is 6.42 Å². The lowest BCUT2D eigenvalue weighted by molar-refractivity contribution is -0.143. The second-order valence-corrected chi connectivity index (χ2v) is 3.17. The Kier molecular flexibility index (Phi) is 2.32. The second kappa shape index (κ2) is 3.07. The van der Waals surface area contributed by atoms with Gasteiger partial charge in [-0.15, -0.1) is 6.58 Å². The van der Waals surface area contributed by atoms with Gasteiger partial charge in [0.25, 0.3) is 0 Å². The first-order chi connectivity index (χ1) is 5.22. The van der Waals surface area contributed by atoms with Crippen molar-refractivity contribution < 1.29 is 9.53 Å². The molecule has 0 spiro atoms. The zero-order valence-corrected chi connectivity index (χ0v) is 6.93. The number of hydrogen-bond donors (Lipinski definition) is 0. The summed E-state index contributed by atoms with van der Waals surface area (Å²) >= 11 is 0. The van der Waals surface area contributed by atoms with Crippen LogP contribution < -0.4 is 0 Å². The maximum atomic E-state index is 10.9. The molecule has 0 aromatic heterocycles. The summed E-state index contributed by atoms with van der Waals surface area (Å²) in [6, 6.07) is 0. The van der Waals surface area contributed by atoms with Crippen molar-refractivity contribution in [2.75, 3.05) is 7.11 Å². The minimum absolute atomic E-state index is 0.0765. The summed E-state index contributed by atoms with van der Waals surface area (Å²) in [6.07, 6.45) is 5.79. The largest absolute Gasteiger partial charge is 0.469 e. The molecule has 1 saturated carbocycles. The fourth-order valence-corrected chi connectivity index (χ4v) is 1.44. The molecule has 0 unspecified atom stereocenters. The van der Waals surface area contributed by atoms with Crippen LogP contribution in [0.5, 0.6) is 0 Å². The third-order valence-electron chi connectivity index (χ3n) is 2.51. The average molecular weight is 154 g/mol. The highest BCUT2D eigenvalue weighted by Crippen LogP contribution is 2.44. The van der Waals surface area contributed by atoms with Crippen molar-refractivity contribution in [3.8, 4) is 0 Å². The summed E-state index contributed by atoms with van der Waals surface area (Å²) in [4.78, 5) is 10.9. The molecule has 1 aliphatic carbocycles. The summed E-state index contributed by atoms with van der Waals surface area (Å²) in [5.41, 5.74) is 0.0765. The van der Waals surface area contributed by atoms with Crippen LogP contribution in [0.4, 0.5) is 0 Å². The Morgan fingerprint density at radius 1 is 1.73 bits per heavy atom. The zero-order chi connectivity index (χ0) is 8.32. The van der Waals surface area contributed by atoms with Crippen molar-refractivity contribution in [3.63, 3.8) is 0 Å². The fourth-order valence-electron chi connectivity index (χ4n) is 1.44. The maximum absolute atomic E-state index is 10.9. The Hall–Kier alpha value is -0.790. The first-order valence-electron chi connectivity index (χ1n) is 3.93. The Morgan fingerprint density at radius 3 is 2.64 bits per heavy atom. The predicted octanol–water partition coefficient (Wildman–Crippen LogP) is 1.91. The summed E-state index contributed by atoms with van der Waals surface area (Å²) < 4.78 is 4.60. The molecule has 11 heavy (non-hydrogen) atoms. The SMILES string of the molecule is C=CC1(CC(=O)OC)CCC1. The van der Waals surface area contributed by atoms with Crippen LogP contribution in [0.25, 0.3) is 0 Å². The zero-order valence-electron chi connectivity index (χ0n) is 6.93. The Labute approximate surface area is 67.2 Å². The molecule has 1 fully saturated rings. The molecule has 0 heterocycles. The van der Waals surface area contributed by atoms with E-state index in [9.17, 15) is 4.79 Å². The van der Waals surface area contributed by atoms with Gasteiger partial charge in [-0.05, 0) is 18.3 Å². The van der Waals surface area contributed by atoms with E-state index >= 15 is 0 Å². The Balaban J connectivity index is 2.44. The van der Waals surface area contributed by atoms with Gasteiger partial charge < -0.3 is 4.74 Å². The Bertz CT molecular complexity index is 168. The number of allylic oxidation sites excluding steroid dienone is 1. The van der Waals surface area contributed by atoms with Crippen LogP contribution in [-0.4, -0.2) is 13.1 Å². The highest BCUT2D eigenvalue weighted by atomic mass is 16.5. The number of hydrogen-bond acceptors (Lipinski definition) is 2. The van der Waals surface area contributed by atoms with E-state index in [2.05, 4.69) is 11.3 Å². The molecule has 2 heteroatoms.